The van der Waals surface area contributed by atoms with E-state index in [4.69, 9.17) is 0 Å². The molecule has 2 rings (SSSR count). The summed E-state index contributed by atoms with van der Waals surface area (Å²) < 4.78 is 0. The zero-order chi connectivity index (χ0) is 11.7. The van der Waals surface area contributed by atoms with Crippen LogP contribution in [0, 0.1) is 18.8 Å². The maximum atomic E-state index is 10.3. The van der Waals surface area contributed by atoms with Gasteiger partial charge in [-0.25, -0.2) is 0 Å². The SMILES string of the molecule is Cc1cccc2c1CC[C@@H](C(C)C)CC2O. The van der Waals surface area contributed by atoms with Gasteiger partial charge >= 0.3 is 0 Å². The molecule has 0 saturated heterocycles. The van der Waals surface area contributed by atoms with Crippen LogP contribution in [0.3, 0.4) is 0 Å². The highest BCUT2D eigenvalue weighted by Crippen LogP contribution is 2.36. The van der Waals surface area contributed by atoms with Crippen molar-refractivity contribution in [2.45, 2.75) is 46.1 Å². The first-order valence-electron chi connectivity index (χ1n) is 6.36. The standard InChI is InChI=1S/C15H22O/c1-10(2)12-7-8-13-11(3)5-4-6-14(13)15(16)9-12/h4-6,10,12,15-16H,7-9H2,1-3H3/t12-,15?/m1/s1. The maximum absolute atomic E-state index is 10.3. The van der Waals surface area contributed by atoms with E-state index in [-0.39, 0.29) is 6.10 Å². The summed E-state index contributed by atoms with van der Waals surface area (Å²) in [5.74, 6) is 1.33. The molecule has 0 aromatic heterocycles. The molecule has 1 aliphatic rings. The van der Waals surface area contributed by atoms with Crippen molar-refractivity contribution in [1.29, 1.82) is 0 Å². The van der Waals surface area contributed by atoms with Crippen molar-refractivity contribution < 1.29 is 5.11 Å². The third-order valence-corrected chi connectivity index (χ3v) is 4.04. The first-order chi connectivity index (χ1) is 7.59. The Bertz CT molecular complexity index is 368. The second-order valence-corrected chi connectivity index (χ2v) is 5.44. The van der Waals surface area contributed by atoms with Gasteiger partial charge in [0.15, 0.2) is 0 Å². The van der Waals surface area contributed by atoms with Crippen LogP contribution in [0.2, 0.25) is 0 Å². The first kappa shape index (κ1) is 11.7. The van der Waals surface area contributed by atoms with Crippen molar-refractivity contribution in [3.63, 3.8) is 0 Å². The summed E-state index contributed by atoms with van der Waals surface area (Å²) in [4.78, 5) is 0. The number of aliphatic hydroxyl groups is 1. The lowest BCUT2D eigenvalue weighted by Gasteiger charge is -2.20. The largest absolute Gasteiger partial charge is 0.388 e. The highest BCUT2D eigenvalue weighted by molar-refractivity contribution is 5.36. The van der Waals surface area contributed by atoms with Gasteiger partial charge < -0.3 is 5.11 Å². The van der Waals surface area contributed by atoms with Crippen molar-refractivity contribution in [1.82, 2.24) is 0 Å². The molecule has 0 heterocycles. The average Bonchev–Trinajstić information content (AvgIpc) is 2.40. The summed E-state index contributed by atoms with van der Waals surface area (Å²) in [7, 11) is 0. The fraction of sp³-hybridized carbons (Fsp3) is 0.600. The van der Waals surface area contributed by atoms with E-state index < -0.39 is 0 Å². The molecule has 1 unspecified atom stereocenters. The Labute approximate surface area is 98.5 Å². The number of benzene rings is 1. The summed E-state index contributed by atoms with van der Waals surface area (Å²) in [5.41, 5.74) is 3.89. The van der Waals surface area contributed by atoms with Gasteiger partial charge in [-0.05, 0) is 54.7 Å². The van der Waals surface area contributed by atoms with Gasteiger partial charge in [0.25, 0.3) is 0 Å². The highest BCUT2D eigenvalue weighted by atomic mass is 16.3. The van der Waals surface area contributed by atoms with E-state index in [0.717, 1.165) is 12.8 Å². The minimum Gasteiger partial charge on any atom is -0.388 e. The maximum Gasteiger partial charge on any atom is 0.0795 e. The number of fused-ring (bicyclic) bond motifs is 1. The van der Waals surface area contributed by atoms with Gasteiger partial charge in [0.1, 0.15) is 0 Å². The van der Waals surface area contributed by atoms with Gasteiger partial charge in [-0.15, -0.1) is 0 Å². The Balaban J connectivity index is 2.32. The molecule has 0 bridgehead atoms. The first-order valence-corrected chi connectivity index (χ1v) is 6.36. The molecular weight excluding hydrogens is 196 g/mol. The van der Waals surface area contributed by atoms with E-state index in [1.165, 1.54) is 23.1 Å². The molecule has 0 spiro atoms. The highest BCUT2D eigenvalue weighted by Gasteiger charge is 2.25. The minimum atomic E-state index is -0.259. The summed E-state index contributed by atoms with van der Waals surface area (Å²) >= 11 is 0. The molecule has 1 heteroatoms. The zero-order valence-electron chi connectivity index (χ0n) is 10.5. The topological polar surface area (TPSA) is 20.2 Å². The minimum absolute atomic E-state index is 0.259. The van der Waals surface area contributed by atoms with Crippen LogP contribution in [0.1, 0.15) is 49.5 Å². The Morgan fingerprint density at radius 1 is 1.31 bits per heavy atom. The third-order valence-electron chi connectivity index (χ3n) is 4.04. The molecule has 1 aliphatic carbocycles. The lowest BCUT2D eigenvalue weighted by Crippen LogP contribution is -2.11. The predicted octanol–water partition coefficient (Wildman–Crippen LogP) is 3.64. The Kier molecular flexibility index (Phi) is 3.34. The van der Waals surface area contributed by atoms with Gasteiger partial charge in [-0.1, -0.05) is 32.0 Å². The lowest BCUT2D eigenvalue weighted by atomic mass is 9.88. The molecule has 16 heavy (non-hydrogen) atoms. The molecular formula is C15H22O. The summed E-state index contributed by atoms with van der Waals surface area (Å²) in [6, 6.07) is 6.31. The normalized spacial score (nSPS) is 25.3. The Hall–Kier alpha value is -0.820. The quantitative estimate of drug-likeness (QED) is 0.714. The number of hydrogen-bond donors (Lipinski definition) is 1. The van der Waals surface area contributed by atoms with Gasteiger partial charge in [-0.2, -0.15) is 0 Å². The van der Waals surface area contributed by atoms with Crippen LogP contribution in [0.25, 0.3) is 0 Å². The van der Waals surface area contributed by atoms with Crippen molar-refractivity contribution in [3.8, 4) is 0 Å². The zero-order valence-corrected chi connectivity index (χ0v) is 10.5. The number of aryl methyl sites for hydroxylation is 1. The van der Waals surface area contributed by atoms with E-state index in [1.54, 1.807) is 0 Å². The number of rotatable bonds is 1. The van der Waals surface area contributed by atoms with Gasteiger partial charge in [0.2, 0.25) is 0 Å². The van der Waals surface area contributed by atoms with E-state index in [0.29, 0.717) is 11.8 Å². The lowest BCUT2D eigenvalue weighted by molar-refractivity contribution is 0.132. The van der Waals surface area contributed by atoms with E-state index in [1.807, 2.05) is 0 Å². The molecule has 1 aromatic carbocycles. The molecule has 0 fully saturated rings. The van der Waals surface area contributed by atoms with E-state index in [9.17, 15) is 5.11 Å². The Morgan fingerprint density at radius 3 is 2.75 bits per heavy atom. The van der Waals surface area contributed by atoms with Crippen molar-refractivity contribution in [2.75, 3.05) is 0 Å². The molecule has 1 aromatic rings. The molecule has 0 aliphatic heterocycles. The van der Waals surface area contributed by atoms with Crippen molar-refractivity contribution in [2.24, 2.45) is 11.8 Å². The number of aliphatic hydroxyl groups excluding tert-OH is 1. The van der Waals surface area contributed by atoms with E-state index >= 15 is 0 Å². The fourth-order valence-corrected chi connectivity index (χ4v) is 2.85. The molecule has 0 amide bonds. The molecule has 1 nitrogen and oxygen atoms in total. The second-order valence-electron chi connectivity index (χ2n) is 5.44. The van der Waals surface area contributed by atoms with Crippen LogP contribution >= 0.6 is 0 Å². The van der Waals surface area contributed by atoms with Crippen LogP contribution in [0.5, 0.6) is 0 Å². The average molecular weight is 218 g/mol. The third kappa shape index (κ3) is 2.15. The predicted molar refractivity (Wildman–Crippen MR) is 67.4 cm³/mol. The summed E-state index contributed by atoms with van der Waals surface area (Å²) in [6.07, 6.45) is 3.01. The summed E-state index contributed by atoms with van der Waals surface area (Å²) in [5, 5.41) is 10.3. The Morgan fingerprint density at radius 2 is 2.06 bits per heavy atom. The van der Waals surface area contributed by atoms with Gasteiger partial charge in [0, 0.05) is 0 Å². The van der Waals surface area contributed by atoms with Crippen LogP contribution in [0.4, 0.5) is 0 Å². The van der Waals surface area contributed by atoms with Gasteiger partial charge in [-0.3, -0.25) is 0 Å². The van der Waals surface area contributed by atoms with Crippen LogP contribution in [-0.2, 0) is 6.42 Å². The smallest absolute Gasteiger partial charge is 0.0795 e. The molecule has 0 saturated carbocycles. The molecule has 0 radical (unpaired) electrons. The molecule has 1 N–H and O–H groups in total. The monoisotopic (exact) mass is 218 g/mol. The van der Waals surface area contributed by atoms with Crippen LogP contribution < -0.4 is 0 Å². The molecule has 2 atom stereocenters. The second kappa shape index (κ2) is 4.58. The van der Waals surface area contributed by atoms with Crippen molar-refractivity contribution >= 4 is 0 Å². The van der Waals surface area contributed by atoms with Gasteiger partial charge in [0.05, 0.1) is 6.10 Å². The number of hydrogen-bond acceptors (Lipinski definition) is 1. The van der Waals surface area contributed by atoms with E-state index in [2.05, 4.69) is 39.0 Å². The fourth-order valence-electron chi connectivity index (χ4n) is 2.85. The van der Waals surface area contributed by atoms with Crippen LogP contribution in [0.15, 0.2) is 18.2 Å². The summed E-state index contributed by atoms with van der Waals surface area (Å²) in [6.45, 7) is 6.68. The van der Waals surface area contributed by atoms with Crippen molar-refractivity contribution in [3.05, 3.63) is 34.9 Å². The van der Waals surface area contributed by atoms with Crippen LogP contribution in [-0.4, -0.2) is 5.11 Å². The molecule has 88 valence electrons.